The summed E-state index contributed by atoms with van der Waals surface area (Å²) in [5, 5.41) is 16.5. The van der Waals surface area contributed by atoms with Gasteiger partial charge in [-0.25, -0.2) is 4.39 Å². The normalized spacial score (nSPS) is 24.4. The Morgan fingerprint density at radius 3 is 2.32 bits per heavy atom. The van der Waals surface area contributed by atoms with E-state index in [-0.39, 0.29) is 24.3 Å². The number of nitrogens with zero attached hydrogens (tertiary/aromatic N) is 2. The molecule has 3 saturated heterocycles. The number of aromatic nitrogens is 1. The molecule has 0 spiro atoms. The maximum Gasteiger partial charge on any atom is 0.191 e. The van der Waals surface area contributed by atoms with Gasteiger partial charge in [-0.15, -0.1) is 0 Å². The third kappa shape index (κ3) is 3.85. The minimum atomic E-state index is -1.34. The second-order valence-corrected chi connectivity index (χ2v) is 11.0. The highest BCUT2D eigenvalue weighted by atomic mass is 35.5. The molecule has 3 aromatic carbocycles. The van der Waals surface area contributed by atoms with Gasteiger partial charge in [-0.2, -0.15) is 0 Å². The van der Waals surface area contributed by atoms with E-state index in [1.165, 1.54) is 6.07 Å². The van der Waals surface area contributed by atoms with Crippen LogP contribution in [-0.4, -0.2) is 40.5 Å². The van der Waals surface area contributed by atoms with Gasteiger partial charge in [0.05, 0.1) is 13.1 Å². The van der Waals surface area contributed by atoms with Crippen molar-refractivity contribution in [2.24, 2.45) is 5.92 Å². The van der Waals surface area contributed by atoms with Gasteiger partial charge < -0.3 is 31.3 Å². The number of benzene rings is 3. The summed E-state index contributed by atoms with van der Waals surface area (Å²) in [6.45, 7) is 5.42. The van der Waals surface area contributed by atoms with E-state index >= 15 is 0 Å². The summed E-state index contributed by atoms with van der Waals surface area (Å²) >= 11 is 0. The molecule has 3 fully saturated rings. The fraction of sp³-hybridized carbons (Fsp3) is 0.323. The fourth-order valence-corrected chi connectivity index (χ4v) is 6.78. The topological polar surface area (TPSA) is 55.5 Å². The molecule has 196 valence electrons. The lowest BCUT2D eigenvalue weighted by Gasteiger charge is -2.51. The Balaban J connectivity index is 0.00000264. The van der Waals surface area contributed by atoms with Crippen LogP contribution in [0.1, 0.15) is 41.0 Å². The molecule has 0 amide bonds. The number of rotatable bonds is 5. The number of piperidine rings is 3. The number of hydrogen-bond acceptors (Lipinski definition) is 4. The molecule has 2 bridgehead atoms. The summed E-state index contributed by atoms with van der Waals surface area (Å²) in [6.07, 6.45) is 2.19. The number of aryl methyl sites for hydroxylation is 1. The average Bonchev–Trinajstić information content (AvgIpc) is 3.49. The maximum absolute atomic E-state index is 14.1. The first-order valence-electron chi connectivity index (χ1n) is 13.1. The van der Waals surface area contributed by atoms with Crippen molar-refractivity contribution in [1.29, 1.82) is 0 Å². The molecular formula is C31H30ClFN2O3. The molecule has 38 heavy (non-hydrogen) atoms. The first kappa shape index (κ1) is 25.1. The fourth-order valence-electron chi connectivity index (χ4n) is 6.78. The van der Waals surface area contributed by atoms with Gasteiger partial charge in [0.2, 0.25) is 0 Å². The number of aliphatic hydroxyl groups is 1. The zero-order chi connectivity index (χ0) is 25.2. The highest BCUT2D eigenvalue weighted by Crippen LogP contribution is 2.50. The maximum atomic E-state index is 14.1. The smallest absolute Gasteiger partial charge is 0.191 e. The molecule has 4 heterocycles. The Hall–Kier alpha value is -3.19. The Morgan fingerprint density at radius 2 is 1.66 bits per heavy atom. The average molecular weight is 533 g/mol. The Labute approximate surface area is 227 Å². The van der Waals surface area contributed by atoms with E-state index in [2.05, 4.69) is 5.16 Å². The molecule has 0 saturated carbocycles. The van der Waals surface area contributed by atoms with Gasteiger partial charge in [0.15, 0.2) is 17.5 Å². The minimum absolute atomic E-state index is 0. The second-order valence-electron chi connectivity index (χ2n) is 11.0. The molecule has 4 aliphatic rings. The van der Waals surface area contributed by atoms with Gasteiger partial charge in [-0.05, 0) is 29.7 Å². The van der Waals surface area contributed by atoms with Gasteiger partial charge >= 0.3 is 0 Å². The number of quaternary nitrogens is 1. The molecule has 7 heteroatoms. The first-order chi connectivity index (χ1) is 18.0. The van der Waals surface area contributed by atoms with E-state index in [4.69, 9.17) is 9.26 Å². The van der Waals surface area contributed by atoms with Gasteiger partial charge in [-0.3, -0.25) is 0 Å². The standard InChI is InChI=1S/C31H30FN2O3.ClH/c1-20-10-11-22(16-28(20)32)36-29-19-34(14-12-21(29)13-15-34)18-23-17-30(33-37-23)31(35)26-8-4-2-6-24(26)25-7-3-5-9-27(25)31;/h2-11,16-17,21,29,35H,12-15,18-19H2,1H3;1H/q+1;/p-1/t21?,29-,34?;/m0./s1. The van der Waals surface area contributed by atoms with Gasteiger partial charge in [0.1, 0.15) is 30.4 Å². The summed E-state index contributed by atoms with van der Waals surface area (Å²) in [5.74, 6) is 1.63. The summed E-state index contributed by atoms with van der Waals surface area (Å²) in [5.41, 5.74) is 3.52. The van der Waals surface area contributed by atoms with Crippen molar-refractivity contribution in [3.05, 3.63) is 107 Å². The molecule has 1 N–H and O–H groups in total. The Morgan fingerprint density at radius 1 is 1.00 bits per heavy atom. The van der Waals surface area contributed by atoms with Crippen LogP contribution in [0.4, 0.5) is 4.39 Å². The summed E-state index contributed by atoms with van der Waals surface area (Å²) in [7, 11) is 0. The zero-order valence-electron chi connectivity index (χ0n) is 21.2. The van der Waals surface area contributed by atoms with Crippen LogP contribution >= 0.6 is 0 Å². The molecule has 4 aromatic rings. The predicted molar refractivity (Wildman–Crippen MR) is 137 cm³/mol. The highest BCUT2D eigenvalue weighted by molar-refractivity contribution is 5.81. The molecule has 0 radical (unpaired) electrons. The zero-order valence-corrected chi connectivity index (χ0v) is 22.0. The van der Waals surface area contributed by atoms with E-state index in [0.717, 1.165) is 65.0 Å². The van der Waals surface area contributed by atoms with Crippen molar-refractivity contribution in [2.75, 3.05) is 19.6 Å². The molecular weight excluding hydrogens is 503 g/mol. The summed E-state index contributed by atoms with van der Waals surface area (Å²) in [4.78, 5) is 0. The number of halogens is 2. The SMILES string of the molecule is Cc1ccc(O[C@H]2C[N+]3(Cc4cc(C5(O)c6ccccc6-c6ccccc65)no4)CCC2CC3)cc1F.[Cl-]. The number of fused-ring (bicyclic) bond motifs is 6. The summed E-state index contributed by atoms with van der Waals surface area (Å²) in [6, 6.07) is 23.0. The van der Waals surface area contributed by atoms with E-state index < -0.39 is 5.60 Å². The quantitative estimate of drug-likeness (QED) is 0.402. The van der Waals surface area contributed by atoms with E-state index in [1.807, 2.05) is 60.7 Å². The van der Waals surface area contributed by atoms with Crippen molar-refractivity contribution in [3.8, 4) is 16.9 Å². The Kier molecular flexibility index (Phi) is 6.10. The van der Waals surface area contributed by atoms with Crippen LogP contribution < -0.4 is 17.1 Å². The van der Waals surface area contributed by atoms with Crippen LogP contribution in [0.15, 0.2) is 77.3 Å². The van der Waals surface area contributed by atoms with Gasteiger partial charge in [0.25, 0.3) is 0 Å². The highest BCUT2D eigenvalue weighted by Gasteiger charge is 2.49. The summed E-state index contributed by atoms with van der Waals surface area (Å²) < 4.78 is 27.2. The van der Waals surface area contributed by atoms with Crippen LogP contribution in [-0.2, 0) is 12.1 Å². The number of ether oxygens (including phenoxy) is 1. The molecule has 0 unspecified atom stereocenters. The molecule has 1 atom stereocenters. The largest absolute Gasteiger partial charge is 1.00 e. The van der Waals surface area contributed by atoms with Crippen molar-refractivity contribution in [2.45, 2.75) is 38.0 Å². The van der Waals surface area contributed by atoms with Crippen LogP contribution in [0.3, 0.4) is 0 Å². The third-order valence-corrected chi connectivity index (χ3v) is 8.82. The van der Waals surface area contributed by atoms with Crippen molar-refractivity contribution in [3.63, 3.8) is 0 Å². The lowest BCUT2D eigenvalue weighted by molar-refractivity contribution is -0.959. The number of hydrogen-bond donors (Lipinski definition) is 1. The second kappa shape index (κ2) is 9.23. The lowest BCUT2D eigenvalue weighted by atomic mass is 9.83. The minimum Gasteiger partial charge on any atom is -1.00 e. The van der Waals surface area contributed by atoms with E-state index in [1.54, 1.807) is 13.0 Å². The van der Waals surface area contributed by atoms with E-state index in [9.17, 15) is 9.50 Å². The predicted octanol–water partition coefficient (Wildman–Crippen LogP) is 2.58. The third-order valence-electron chi connectivity index (χ3n) is 8.82. The van der Waals surface area contributed by atoms with Crippen LogP contribution in [0.5, 0.6) is 5.75 Å². The van der Waals surface area contributed by atoms with E-state index in [0.29, 0.717) is 29.5 Å². The molecule has 1 aliphatic carbocycles. The van der Waals surface area contributed by atoms with Crippen LogP contribution in [0, 0.1) is 18.7 Å². The van der Waals surface area contributed by atoms with Crippen molar-refractivity contribution >= 4 is 0 Å². The molecule has 8 rings (SSSR count). The lowest BCUT2D eigenvalue weighted by Crippen LogP contribution is -3.00. The molecule has 5 nitrogen and oxygen atoms in total. The monoisotopic (exact) mass is 532 g/mol. The Bertz CT molecular complexity index is 1450. The van der Waals surface area contributed by atoms with Crippen LogP contribution in [0.25, 0.3) is 11.1 Å². The molecule has 1 aromatic heterocycles. The van der Waals surface area contributed by atoms with Gasteiger partial charge in [-0.1, -0.05) is 59.8 Å². The molecule has 3 aliphatic heterocycles. The van der Waals surface area contributed by atoms with Crippen molar-refractivity contribution in [1.82, 2.24) is 5.16 Å². The van der Waals surface area contributed by atoms with Crippen LogP contribution in [0.2, 0.25) is 0 Å². The first-order valence-corrected chi connectivity index (χ1v) is 13.1. The van der Waals surface area contributed by atoms with Crippen molar-refractivity contribution < 1.29 is 35.6 Å². The van der Waals surface area contributed by atoms with Gasteiger partial charge in [0, 0.05) is 42.0 Å².